The summed E-state index contributed by atoms with van der Waals surface area (Å²) in [6.07, 6.45) is 0. The number of hydrogen-bond acceptors (Lipinski definition) is 3. The summed E-state index contributed by atoms with van der Waals surface area (Å²) < 4.78 is 10.6. The first-order valence-electron chi connectivity index (χ1n) is 6.17. The number of para-hydroxylation sites is 1. The Morgan fingerprint density at radius 1 is 1.10 bits per heavy atom. The lowest BCUT2D eigenvalue weighted by Crippen LogP contribution is -2.01. The Kier molecular flexibility index (Phi) is 3.62. The number of carbonyl (C=O) groups is 1. The molecule has 0 saturated heterocycles. The van der Waals surface area contributed by atoms with Gasteiger partial charge in [-0.3, -0.25) is 4.79 Å². The van der Waals surface area contributed by atoms with Crippen molar-refractivity contribution in [2.24, 2.45) is 0 Å². The van der Waals surface area contributed by atoms with Gasteiger partial charge in [0.05, 0.1) is 12.1 Å². The number of hydrogen-bond donors (Lipinski definition) is 0. The molecule has 3 nitrogen and oxygen atoms in total. The van der Waals surface area contributed by atoms with Crippen LogP contribution in [0, 0.1) is 0 Å². The van der Waals surface area contributed by atoms with Crippen LogP contribution in [0.15, 0.2) is 46.9 Å². The highest BCUT2D eigenvalue weighted by Crippen LogP contribution is 2.35. The Balaban J connectivity index is 2.08. The second-order valence-electron chi connectivity index (χ2n) is 4.42. The molecule has 0 atom stereocenters. The summed E-state index contributed by atoms with van der Waals surface area (Å²) in [5, 5.41) is 1.22. The molecule has 106 valence electrons. The molecule has 1 heterocycles. The average Bonchev–Trinajstić information content (AvgIpc) is 2.93. The molecule has 2 aromatic carbocycles. The summed E-state index contributed by atoms with van der Waals surface area (Å²) in [6.45, 7) is 0. The molecule has 3 aromatic rings. The molecule has 1 aromatic heterocycles. The molecule has 0 N–H and O–H groups in total. The maximum Gasteiger partial charge on any atom is 0.229 e. The predicted octanol–water partition coefficient (Wildman–Crippen LogP) is 4.98. The molecular formula is C16H10Cl2O3. The summed E-state index contributed by atoms with van der Waals surface area (Å²) in [4.78, 5) is 12.5. The van der Waals surface area contributed by atoms with Crippen molar-refractivity contribution in [1.29, 1.82) is 0 Å². The van der Waals surface area contributed by atoms with Gasteiger partial charge >= 0.3 is 0 Å². The number of carbonyl (C=O) groups excluding carboxylic acids is 1. The number of ketones is 1. The van der Waals surface area contributed by atoms with Crippen LogP contribution in [0.3, 0.4) is 0 Å². The van der Waals surface area contributed by atoms with Gasteiger partial charge in [0.15, 0.2) is 5.76 Å². The Labute approximate surface area is 131 Å². The fourth-order valence-electron chi connectivity index (χ4n) is 2.09. The Bertz CT molecular complexity index is 804. The van der Waals surface area contributed by atoms with Crippen molar-refractivity contribution >= 4 is 40.0 Å². The van der Waals surface area contributed by atoms with Gasteiger partial charge < -0.3 is 9.15 Å². The monoisotopic (exact) mass is 320 g/mol. The largest absolute Gasteiger partial charge is 0.495 e. The van der Waals surface area contributed by atoms with Gasteiger partial charge in [-0.2, -0.15) is 0 Å². The van der Waals surface area contributed by atoms with E-state index in [1.54, 1.807) is 24.3 Å². The topological polar surface area (TPSA) is 39.4 Å². The summed E-state index contributed by atoms with van der Waals surface area (Å²) in [6, 6.07) is 12.3. The molecule has 0 aliphatic carbocycles. The summed E-state index contributed by atoms with van der Waals surface area (Å²) in [5.41, 5.74) is 0.929. The van der Waals surface area contributed by atoms with E-state index >= 15 is 0 Å². The minimum Gasteiger partial charge on any atom is -0.495 e. The number of halogens is 2. The third-order valence-electron chi connectivity index (χ3n) is 3.16. The Morgan fingerprint density at radius 2 is 1.86 bits per heavy atom. The molecule has 0 aliphatic rings. The first kappa shape index (κ1) is 14.0. The molecule has 0 aliphatic heterocycles. The maximum absolute atomic E-state index is 12.5. The lowest BCUT2D eigenvalue weighted by Gasteiger charge is -2.07. The Morgan fingerprint density at radius 3 is 2.57 bits per heavy atom. The smallest absolute Gasteiger partial charge is 0.229 e. The van der Waals surface area contributed by atoms with Gasteiger partial charge in [0, 0.05) is 10.9 Å². The molecule has 21 heavy (non-hydrogen) atoms. The van der Waals surface area contributed by atoms with Crippen LogP contribution < -0.4 is 4.74 Å². The fraction of sp³-hybridized carbons (Fsp3) is 0.0625. The molecule has 0 fully saturated rings. The maximum atomic E-state index is 12.5. The third-order valence-corrected chi connectivity index (χ3v) is 4.03. The van der Waals surface area contributed by atoms with E-state index in [1.165, 1.54) is 7.11 Å². The lowest BCUT2D eigenvalue weighted by atomic mass is 10.1. The number of furan rings is 1. The molecule has 0 bridgehead atoms. The lowest BCUT2D eigenvalue weighted by molar-refractivity contribution is 0.101. The minimum atomic E-state index is -0.319. The number of benzene rings is 2. The fourth-order valence-corrected chi connectivity index (χ4v) is 2.58. The van der Waals surface area contributed by atoms with E-state index in [0.717, 1.165) is 5.39 Å². The SMILES string of the molecule is COc1ccc(C(=O)c2cc3ccccc3o2)c(Cl)c1Cl. The van der Waals surface area contributed by atoms with Crippen LogP contribution in [-0.4, -0.2) is 12.9 Å². The van der Waals surface area contributed by atoms with Crippen molar-refractivity contribution < 1.29 is 13.9 Å². The molecule has 0 unspecified atom stereocenters. The van der Waals surface area contributed by atoms with E-state index in [0.29, 0.717) is 11.3 Å². The highest BCUT2D eigenvalue weighted by molar-refractivity contribution is 6.45. The summed E-state index contributed by atoms with van der Waals surface area (Å²) >= 11 is 12.2. The quantitative estimate of drug-likeness (QED) is 0.639. The zero-order chi connectivity index (χ0) is 15.0. The minimum absolute atomic E-state index is 0.154. The van der Waals surface area contributed by atoms with Gasteiger partial charge in [-0.15, -0.1) is 0 Å². The van der Waals surface area contributed by atoms with Crippen LogP contribution in [0.1, 0.15) is 16.1 Å². The number of ether oxygens (including phenoxy) is 1. The summed E-state index contributed by atoms with van der Waals surface area (Å²) in [5.74, 6) is 0.322. The van der Waals surface area contributed by atoms with E-state index in [9.17, 15) is 4.79 Å². The highest BCUT2D eigenvalue weighted by Gasteiger charge is 2.20. The molecular weight excluding hydrogens is 311 g/mol. The van der Waals surface area contributed by atoms with Crippen molar-refractivity contribution in [3.8, 4) is 5.75 Å². The van der Waals surface area contributed by atoms with E-state index < -0.39 is 0 Å². The van der Waals surface area contributed by atoms with Gasteiger partial charge in [-0.1, -0.05) is 41.4 Å². The van der Waals surface area contributed by atoms with Crippen LogP contribution >= 0.6 is 23.2 Å². The predicted molar refractivity (Wildman–Crippen MR) is 82.7 cm³/mol. The first-order chi connectivity index (χ1) is 10.1. The van der Waals surface area contributed by atoms with Crippen LogP contribution in [0.25, 0.3) is 11.0 Å². The van der Waals surface area contributed by atoms with Gasteiger partial charge in [0.1, 0.15) is 16.4 Å². The van der Waals surface area contributed by atoms with E-state index in [-0.39, 0.29) is 27.2 Å². The van der Waals surface area contributed by atoms with E-state index in [4.69, 9.17) is 32.4 Å². The van der Waals surface area contributed by atoms with E-state index in [2.05, 4.69) is 0 Å². The third kappa shape index (κ3) is 2.39. The van der Waals surface area contributed by atoms with Crippen molar-refractivity contribution in [1.82, 2.24) is 0 Å². The van der Waals surface area contributed by atoms with Crippen molar-refractivity contribution in [3.05, 3.63) is 63.8 Å². The van der Waals surface area contributed by atoms with Crippen molar-refractivity contribution in [3.63, 3.8) is 0 Å². The normalized spacial score (nSPS) is 10.8. The van der Waals surface area contributed by atoms with Crippen LogP contribution in [0.4, 0.5) is 0 Å². The summed E-state index contributed by atoms with van der Waals surface area (Å²) in [7, 11) is 1.48. The number of fused-ring (bicyclic) bond motifs is 1. The molecule has 0 amide bonds. The van der Waals surface area contributed by atoms with Crippen molar-refractivity contribution in [2.75, 3.05) is 7.11 Å². The Hall–Kier alpha value is -1.97. The zero-order valence-corrected chi connectivity index (χ0v) is 12.5. The van der Waals surface area contributed by atoms with Crippen LogP contribution in [-0.2, 0) is 0 Å². The standard InChI is InChI=1S/C16H10Cl2O3/c1-20-12-7-6-10(14(17)15(12)18)16(19)13-8-9-4-2-3-5-11(9)21-13/h2-8H,1H3. The number of methoxy groups -OCH3 is 1. The van der Waals surface area contributed by atoms with Gasteiger partial charge in [0.2, 0.25) is 5.78 Å². The average molecular weight is 321 g/mol. The molecule has 3 rings (SSSR count). The van der Waals surface area contributed by atoms with Gasteiger partial charge in [0.25, 0.3) is 0 Å². The van der Waals surface area contributed by atoms with Gasteiger partial charge in [-0.25, -0.2) is 0 Å². The second kappa shape index (κ2) is 5.43. The molecule has 0 spiro atoms. The number of rotatable bonds is 3. The van der Waals surface area contributed by atoms with Crippen molar-refractivity contribution in [2.45, 2.75) is 0 Å². The zero-order valence-electron chi connectivity index (χ0n) is 11.0. The van der Waals surface area contributed by atoms with Crippen LogP contribution in [0.5, 0.6) is 5.75 Å². The molecule has 0 saturated carbocycles. The van der Waals surface area contributed by atoms with E-state index in [1.807, 2.05) is 18.2 Å². The first-order valence-corrected chi connectivity index (χ1v) is 6.92. The molecule has 5 heteroatoms. The highest BCUT2D eigenvalue weighted by atomic mass is 35.5. The molecule has 0 radical (unpaired) electrons. The second-order valence-corrected chi connectivity index (χ2v) is 5.18. The van der Waals surface area contributed by atoms with Gasteiger partial charge in [-0.05, 0) is 24.3 Å². The van der Waals surface area contributed by atoms with Crippen LogP contribution in [0.2, 0.25) is 10.0 Å².